The van der Waals surface area contributed by atoms with Crippen LogP contribution in [-0.2, 0) is 6.42 Å². The van der Waals surface area contributed by atoms with Crippen LogP contribution in [0.5, 0.6) is 0 Å². The molecule has 1 aromatic carbocycles. The number of benzene rings is 1. The average Bonchev–Trinajstić information content (AvgIpc) is 2.72. The second-order valence-electron chi connectivity index (χ2n) is 6.16. The van der Waals surface area contributed by atoms with Crippen molar-refractivity contribution in [3.63, 3.8) is 0 Å². The quantitative estimate of drug-likeness (QED) is 0.741. The van der Waals surface area contributed by atoms with Crippen molar-refractivity contribution in [1.82, 2.24) is 14.9 Å². The normalized spacial score (nSPS) is 23.9. The molecule has 0 N–H and O–H groups in total. The first-order valence-electron chi connectivity index (χ1n) is 11.3. The van der Waals surface area contributed by atoms with Crippen LogP contribution in [0.25, 0.3) is 0 Å². The average molecular weight is 400 g/mol. The van der Waals surface area contributed by atoms with Crippen LogP contribution in [0, 0.1) is 12.7 Å². The fourth-order valence-corrected chi connectivity index (χ4v) is 2.68. The minimum absolute atomic E-state index is 0.126. The summed E-state index contributed by atoms with van der Waals surface area (Å²) < 4.78 is 79.3. The SMILES string of the molecule is [2H]C([2H])(CCc1ncc(C)cn1)C1(F)C([2H])([2H])CN(C(=O)c2ccc(F)c(Cl)c2)CC1([2H])[2H]. The van der Waals surface area contributed by atoms with Crippen LogP contribution in [0.3, 0.4) is 0 Å². The Kier molecular flexibility index (Phi) is 4.04. The van der Waals surface area contributed by atoms with Crippen molar-refractivity contribution >= 4 is 17.5 Å². The van der Waals surface area contributed by atoms with Gasteiger partial charge in [-0.2, -0.15) is 0 Å². The number of hydrogen-bond donors (Lipinski definition) is 0. The lowest BCUT2D eigenvalue weighted by molar-refractivity contribution is 0.0389. The minimum atomic E-state index is -3.59. The van der Waals surface area contributed by atoms with Crippen molar-refractivity contribution in [2.75, 3.05) is 13.1 Å². The first-order valence-corrected chi connectivity index (χ1v) is 8.70. The fraction of sp³-hybridized carbons (Fsp3) is 0.450. The van der Waals surface area contributed by atoms with E-state index in [-0.39, 0.29) is 22.8 Å². The van der Waals surface area contributed by atoms with Gasteiger partial charge in [-0.15, -0.1) is 0 Å². The van der Waals surface area contributed by atoms with Gasteiger partial charge in [-0.1, -0.05) is 11.6 Å². The zero-order chi connectivity index (χ0) is 24.8. The molecular formula is C20H22ClF2N3O. The number of amides is 1. The lowest BCUT2D eigenvalue weighted by atomic mass is 9.88. The van der Waals surface area contributed by atoms with Gasteiger partial charge in [0.05, 0.1) is 5.02 Å². The van der Waals surface area contributed by atoms with E-state index in [1.165, 1.54) is 12.4 Å². The second-order valence-corrected chi connectivity index (χ2v) is 6.56. The van der Waals surface area contributed by atoms with E-state index in [1.54, 1.807) is 6.92 Å². The maximum absolute atomic E-state index is 16.3. The number of carbonyl (C=O) groups is 1. The molecule has 1 amide bonds. The summed E-state index contributed by atoms with van der Waals surface area (Å²) in [5.41, 5.74) is -2.94. The van der Waals surface area contributed by atoms with Crippen molar-refractivity contribution in [2.45, 2.75) is 44.6 Å². The Bertz CT molecular complexity index is 1040. The van der Waals surface area contributed by atoms with Crippen LogP contribution >= 0.6 is 11.6 Å². The molecule has 1 fully saturated rings. The molecule has 0 spiro atoms. The number of aryl methyl sites for hydroxylation is 2. The van der Waals surface area contributed by atoms with E-state index in [9.17, 15) is 9.18 Å². The molecule has 2 aromatic rings. The third kappa shape index (κ3) is 5.01. The molecule has 2 heterocycles. The smallest absolute Gasteiger partial charge is 0.253 e. The van der Waals surface area contributed by atoms with E-state index in [2.05, 4.69) is 9.97 Å². The Morgan fingerprint density at radius 3 is 2.67 bits per heavy atom. The molecule has 1 aliphatic heterocycles. The number of piperidine rings is 1. The summed E-state index contributed by atoms with van der Waals surface area (Å²) in [4.78, 5) is 21.6. The Hall–Kier alpha value is -2.08. The zero-order valence-electron chi connectivity index (χ0n) is 20.6. The predicted octanol–water partition coefficient (Wildman–Crippen LogP) is 4.54. The molecule has 144 valence electrons. The summed E-state index contributed by atoms with van der Waals surface area (Å²) in [5, 5.41) is -0.349. The highest BCUT2D eigenvalue weighted by atomic mass is 35.5. The van der Waals surface area contributed by atoms with Gasteiger partial charge in [-0.3, -0.25) is 4.79 Å². The maximum Gasteiger partial charge on any atom is 0.253 e. The standard InChI is InChI=1S/C20H22ClF2N3O/c1-14-12-24-18(25-13-14)3-2-6-20(23)7-9-26(10-8-20)19(27)15-4-5-17(22)16(21)11-15/h4-5,11-13H,2-3,6-10H2,1H3/i6D2,7D2,8D2. The van der Waals surface area contributed by atoms with E-state index < -0.39 is 56.0 Å². The minimum Gasteiger partial charge on any atom is -0.338 e. The summed E-state index contributed by atoms with van der Waals surface area (Å²) in [7, 11) is 0. The molecule has 0 unspecified atom stereocenters. The third-order valence-corrected chi connectivity index (χ3v) is 4.32. The van der Waals surface area contributed by atoms with Gasteiger partial charge in [0.1, 0.15) is 17.3 Å². The number of alkyl halides is 1. The number of carbonyl (C=O) groups excluding carboxylic acids is 1. The first-order chi connectivity index (χ1) is 15.1. The van der Waals surface area contributed by atoms with Crippen LogP contribution in [0.2, 0.25) is 5.02 Å². The lowest BCUT2D eigenvalue weighted by Crippen LogP contribution is -2.44. The van der Waals surface area contributed by atoms with Gasteiger partial charge < -0.3 is 4.90 Å². The van der Waals surface area contributed by atoms with Gasteiger partial charge >= 0.3 is 0 Å². The number of nitrogens with zero attached hydrogens (tertiary/aromatic N) is 3. The van der Waals surface area contributed by atoms with Gasteiger partial charge in [-0.05, 0) is 56.2 Å². The van der Waals surface area contributed by atoms with Crippen molar-refractivity contribution in [1.29, 1.82) is 0 Å². The summed E-state index contributed by atoms with van der Waals surface area (Å²) >= 11 is 5.69. The highest BCUT2D eigenvalue weighted by Gasteiger charge is 2.35. The monoisotopic (exact) mass is 399 g/mol. The summed E-state index contributed by atoms with van der Waals surface area (Å²) in [6.45, 7) is -0.0492. The van der Waals surface area contributed by atoms with Gasteiger partial charge in [0.15, 0.2) is 0 Å². The molecule has 1 saturated heterocycles. The van der Waals surface area contributed by atoms with Crippen molar-refractivity contribution in [3.8, 4) is 0 Å². The molecule has 1 aliphatic rings. The number of hydrogen-bond acceptors (Lipinski definition) is 3. The summed E-state index contributed by atoms with van der Waals surface area (Å²) in [6.07, 6.45) is -6.84. The van der Waals surface area contributed by atoms with E-state index in [0.717, 1.165) is 28.7 Å². The molecule has 1 aromatic heterocycles. The molecule has 0 atom stereocenters. The van der Waals surface area contributed by atoms with Gasteiger partial charge in [0.2, 0.25) is 0 Å². The molecule has 0 radical (unpaired) electrons. The Balaban J connectivity index is 1.87. The molecule has 4 nitrogen and oxygen atoms in total. The molecule has 0 bridgehead atoms. The van der Waals surface area contributed by atoms with E-state index >= 15 is 4.39 Å². The molecular weight excluding hydrogens is 372 g/mol. The van der Waals surface area contributed by atoms with Crippen molar-refractivity contribution in [3.05, 3.63) is 58.4 Å². The molecule has 7 heteroatoms. The van der Waals surface area contributed by atoms with Crippen LogP contribution in [0.15, 0.2) is 30.6 Å². The van der Waals surface area contributed by atoms with E-state index in [4.69, 9.17) is 19.8 Å². The fourth-order valence-electron chi connectivity index (χ4n) is 2.50. The molecule has 0 aliphatic carbocycles. The van der Waals surface area contributed by atoms with Crippen LogP contribution in [0.1, 0.15) is 55.5 Å². The topological polar surface area (TPSA) is 46.1 Å². The Morgan fingerprint density at radius 1 is 1.37 bits per heavy atom. The molecule has 3 rings (SSSR count). The van der Waals surface area contributed by atoms with Gasteiger partial charge in [-0.25, -0.2) is 18.7 Å². The number of halogens is 3. The van der Waals surface area contributed by atoms with E-state index in [1.807, 2.05) is 0 Å². The second kappa shape index (κ2) is 8.30. The summed E-state index contributed by atoms with van der Waals surface area (Å²) in [5.74, 6) is -1.43. The largest absolute Gasteiger partial charge is 0.338 e. The highest BCUT2D eigenvalue weighted by molar-refractivity contribution is 6.31. The summed E-state index contributed by atoms with van der Waals surface area (Å²) in [6, 6.07) is 3.06. The maximum atomic E-state index is 16.3. The highest BCUT2D eigenvalue weighted by Crippen LogP contribution is 2.32. The first kappa shape index (κ1) is 13.2. The van der Waals surface area contributed by atoms with Crippen LogP contribution in [0.4, 0.5) is 8.78 Å². The van der Waals surface area contributed by atoms with Gasteiger partial charge in [0.25, 0.3) is 5.91 Å². The molecule has 27 heavy (non-hydrogen) atoms. The predicted molar refractivity (Wildman–Crippen MR) is 100 cm³/mol. The van der Waals surface area contributed by atoms with Gasteiger partial charge in [0, 0.05) is 45.7 Å². The Morgan fingerprint density at radius 2 is 2.04 bits per heavy atom. The van der Waals surface area contributed by atoms with Crippen LogP contribution < -0.4 is 0 Å². The van der Waals surface area contributed by atoms with Crippen LogP contribution in [-0.4, -0.2) is 39.5 Å². The zero-order valence-corrected chi connectivity index (χ0v) is 15.4. The van der Waals surface area contributed by atoms with E-state index in [0.29, 0.717) is 0 Å². The third-order valence-electron chi connectivity index (χ3n) is 4.03. The number of likely N-dealkylation sites (tertiary alicyclic amines) is 1. The number of aromatic nitrogens is 2. The van der Waals surface area contributed by atoms with Crippen molar-refractivity contribution in [2.24, 2.45) is 0 Å². The molecule has 0 saturated carbocycles. The van der Waals surface area contributed by atoms with Crippen molar-refractivity contribution < 1.29 is 21.8 Å². The number of rotatable bonds is 5. The lowest BCUT2D eigenvalue weighted by Gasteiger charge is -2.36. The Labute approximate surface area is 171 Å².